The lowest BCUT2D eigenvalue weighted by atomic mass is 10.1. The van der Waals surface area contributed by atoms with Crippen LogP contribution >= 0.6 is 11.8 Å². The van der Waals surface area contributed by atoms with Crippen molar-refractivity contribution in [1.82, 2.24) is 14.7 Å². The van der Waals surface area contributed by atoms with Crippen LogP contribution in [0.3, 0.4) is 0 Å². The highest BCUT2D eigenvalue weighted by molar-refractivity contribution is 7.99. The highest BCUT2D eigenvalue weighted by Crippen LogP contribution is 2.29. The fourth-order valence-electron chi connectivity index (χ4n) is 3.20. The first kappa shape index (κ1) is 17.3. The molecule has 2 aromatic heterocycles. The summed E-state index contributed by atoms with van der Waals surface area (Å²) in [5.74, 6) is 0.806. The van der Waals surface area contributed by atoms with Crippen LogP contribution in [0, 0.1) is 0 Å². The molecule has 2 aromatic carbocycles. The third-order valence-electron chi connectivity index (χ3n) is 4.54. The molecule has 0 bridgehead atoms. The zero-order valence-corrected chi connectivity index (χ0v) is 16.3. The standard InChI is InChI=1S/C19H16N4O3S2/c24-28(25,12-17-15-3-1-2-4-18(15)26-21-17)22-14-7-5-13(6-8-14)16-11-23-9-10-27-19(23)20-16/h1-8,11,22H,9-10,12H2. The molecular weight excluding hydrogens is 396 g/mol. The molecule has 0 amide bonds. The number of fused-ring (bicyclic) bond motifs is 2. The number of rotatable bonds is 5. The van der Waals surface area contributed by atoms with Gasteiger partial charge in [0, 0.05) is 35.1 Å². The molecule has 0 spiro atoms. The number of nitrogens with zero attached hydrogens (tertiary/aromatic N) is 3. The Kier molecular flexibility index (Phi) is 4.13. The lowest BCUT2D eigenvalue weighted by Crippen LogP contribution is -2.15. The highest BCUT2D eigenvalue weighted by Gasteiger charge is 2.18. The number of anilines is 1. The van der Waals surface area contributed by atoms with E-state index < -0.39 is 10.0 Å². The molecule has 0 atom stereocenters. The molecule has 1 N–H and O–H groups in total. The number of hydrogen-bond donors (Lipinski definition) is 1. The van der Waals surface area contributed by atoms with Gasteiger partial charge in [0.1, 0.15) is 11.4 Å². The van der Waals surface area contributed by atoms with E-state index in [1.54, 1.807) is 36.0 Å². The van der Waals surface area contributed by atoms with E-state index in [4.69, 9.17) is 4.52 Å². The summed E-state index contributed by atoms with van der Waals surface area (Å²) < 4.78 is 35.0. The van der Waals surface area contributed by atoms with Gasteiger partial charge in [-0.15, -0.1) is 0 Å². The fraction of sp³-hybridized carbons (Fsp3) is 0.158. The number of benzene rings is 2. The molecule has 9 heteroatoms. The van der Waals surface area contributed by atoms with E-state index in [0.29, 0.717) is 22.4 Å². The van der Waals surface area contributed by atoms with E-state index in [-0.39, 0.29) is 5.75 Å². The van der Waals surface area contributed by atoms with Crippen molar-refractivity contribution >= 4 is 38.4 Å². The maximum atomic E-state index is 12.5. The number of sulfonamides is 1. The Hall–Kier alpha value is -2.78. The topological polar surface area (TPSA) is 90.0 Å². The zero-order valence-electron chi connectivity index (χ0n) is 14.7. The maximum absolute atomic E-state index is 12.5. The predicted molar refractivity (Wildman–Crippen MR) is 109 cm³/mol. The number of imidazole rings is 1. The Labute approximate surface area is 165 Å². The summed E-state index contributed by atoms with van der Waals surface area (Å²) in [5, 5.41) is 5.62. The van der Waals surface area contributed by atoms with Gasteiger partial charge in [0.15, 0.2) is 10.7 Å². The molecule has 3 heterocycles. The van der Waals surface area contributed by atoms with Crippen molar-refractivity contribution < 1.29 is 12.9 Å². The Balaban J connectivity index is 1.33. The Bertz CT molecular complexity index is 1240. The van der Waals surface area contributed by atoms with Crippen LogP contribution in [0.15, 0.2) is 64.4 Å². The molecule has 1 aliphatic heterocycles. The van der Waals surface area contributed by atoms with Crippen LogP contribution in [0.2, 0.25) is 0 Å². The highest BCUT2D eigenvalue weighted by atomic mass is 32.2. The summed E-state index contributed by atoms with van der Waals surface area (Å²) in [5.41, 5.74) is 3.31. The summed E-state index contributed by atoms with van der Waals surface area (Å²) >= 11 is 1.74. The van der Waals surface area contributed by atoms with Gasteiger partial charge >= 0.3 is 0 Å². The summed E-state index contributed by atoms with van der Waals surface area (Å²) in [7, 11) is -3.62. The summed E-state index contributed by atoms with van der Waals surface area (Å²) in [6.07, 6.45) is 2.03. The van der Waals surface area contributed by atoms with Crippen LogP contribution in [0.4, 0.5) is 5.69 Å². The van der Waals surface area contributed by atoms with E-state index in [9.17, 15) is 8.42 Å². The van der Waals surface area contributed by atoms with Gasteiger partial charge in [0.05, 0.1) is 5.69 Å². The predicted octanol–water partition coefficient (Wildman–Crippen LogP) is 3.74. The maximum Gasteiger partial charge on any atom is 0.238 e. The molecule has 0 radical (unpaired) electrons. The van der Waals surface area contributed by atoms with E-state index >= 15 is 0 Å². The first-order chi connectivity index (χ1) is 13.6. The van der Waals surface area contributed by atoms with Gasteiger partial charge in [0.25, 0.3) is 0 Å². The SMILES string of the molecule is O=S(=O)(Cc1noc2ccccc12)Nc1ccc(-c2cn3c(n2)SCC3)cc1. The molecule has 4 aromatic rings. The number of aryl methyl sites for hydroxylation is 1. The van der Waals surface area contributed by atoms with Crippen molar-refractivity contribution in [1.29, 1.82) is 0 Å². The van der Waals surface area contributed by atoms with E-state index in [1.165, 1.54) is 0 Å². The van der Waals surface area contributed by atoms with Crippen molar-refractivity contribution in [3.8, 4) is 11.3 Å². The smallest absolute Gasteiger partial charge is 0.238 e. The monoisotopic (exact) mass is 412 g/mol. The average molecular weight is 412 g/mol. The van der Waals surface area contributed by atoms with Crippen molar-refractivity contribution in [2.24, 2.45) is 0 Å². The molecule has 1 aliphatic rings. The van der Waals surface area contributed by atoms with Gasteiger partial charge in [0.2, 0.25) is 10.0 Å². The third-order valence-corrected chi connectivity index (χ3v) is 6.71. The van der Waals surface area contributed by atoms with Crippen molar-refractivity contribution in [3.63, 3.8) is 0 Å². The van der Waals surface area contributed by atoms with Crippen LogP contribution < -0.4 is 4.72 Å². The first-order valence-electron chi connectivity index (χ1n) is 8.72. The lowest BCUT2D eigenvalue weighted by molar-refractivity contribution is 0.448. The minimum Gasteiger partial charge on any atom is -0.356 e. The number of thioether (sulfide) groups is 1. The van der Waals surface area contributed by atoms with Gasteiger partial charge < -0.3 is 9.09 Å². The summed E-state index contributed by atoms with van der Waals surface area (Å²) in [4.78, 5) is 4.61. The number of hydrogen-bond acceptors (Lipinski definition) is 6. The summed E-state index contributed by atoms with van der Waals surface area (Å²) in [6.45, 7) is 0.974. The molecule has 0 saturated heterocycles. The van der Waals surface area contributed by atoms with Gasteiger partial charge in [-0.1, -0.05) is 41.2 Å². The summed E-state index contributed by atoms with van der Waals surface area (Å²) in [6, 6.07) is 14.4. The number of aromatic nitrogens is 3. The molecule has 0 aliphatic carbocycles. The Morgan fingerprint density at radius 3 is 2.79 bits per heavy atom. The second-order valence-corrected chi connectivity index (χ2v) is 9.30. The van der Waals surface area contributed by atoms with E-state index in [2.05, 4.69) is 19.4 Å². The van der Waals surface area contributed by atoms with E-state index in [0.717, 1.165) is 28.7 Å². The molecule has 142 valence electrons. The van der Waals surface area contributed by atoms with E-state index in [1.807, 2.05) is 30.5 Å². The number of nitrogens with one attached hydrogen (secondary N) is 1. The van der Waals surface area contributed by atoms with Crippen molar-refractivity contribution in [2.75, 3.05) is 10.5 Å². The minimum absolute atomic E-state index is 0.253. The van der Waals surface area contributed by atoms with Gasteiger partial charge in [-0.25, -0.2) is 13.4 Å². The van der Waals surface area contributed by atoms with Crippen molar-refractivity contribution in [3.05, 3.63) is 60.4 Å². The fourth-order valence-corrected chi connectivity index (χ4v) is 5.27. The van der Waals surface area contributed by atoms with Crippen molar-refractivity contribution in [2.45, 2.75) is 17.5 Å². The molecular formula is C19H16N4O3S2. The minimum atomic E-state index is -3.62. The molecule has 0 saturated carbocycles. The lowest BCUT2D eigenvalue weighted by Gasteiger charge is -2.07. The normalized spacial score (nSPS) is 13.7. The molecule has 0 unspecified atom stereocenters. The quantitative estimate of drug-likeness (QED) is 0.537. The molecule has 5 rings (SSSR count). The van der Waals surface area contributed by atoms with Gasteiger partial charge in [-0.2, -0.15) is 0 Å². The molecule has 7 nitrogen and oxygen atoms in total. The second kappa shape index (κ2) is 6.68. The Morgan fingerprint density at radius 1 is 1.14 bits per heavy atom. The Morgan fingerprint density at radius 2 is 1.96 bits per heavy atom. The second-order valence-electron chi connectivity index (χ2n) is 6.51. The van der Waals surface area contributed by atoms with Crippen LogP contribution in [0.25, 0.3) is 22.2 Å². The third kappa shape index (κ3) is 3.27. The average Bonchev–Trinajstić information content (AvgIpc) is 3.37. The first-order valence-corrected chi connectivity index (χ1v) is 11.4. The van der Waals surface area contributed by atoms with Crippen LogP contribution in [-0.4, -0.2) is 28.9 Å². The molecule has 28 heavy (non-hydrogen) atoms. The van der Waals surface area contributed by atoms with Crippen LogP contribution in [-0.2, 0) is 22.3 Å². The van der Waals surface area contributed by atoms with Gasteiger partial charge in [-0.05, 0) is 24.3 Å². The van der Waals surface area contributed by atoms with Gasteiger partial charge in [-0.3, -0.25) is 4.72 Å². The number of para-hydroxylation sites is 1. The van der Waals surface area contributed by atoms with Crippen LogP contribution in [0.1, 0.15) is 5.69 Å². The molecule has 0 fully saturated rings. The van der Waals surface area contributed by atoms with Crippen LogP contribution in [0.5, 0.6) is 0 Å². The zero-order chi connectivity index (χ0) is 19.1. The largest absolute Gasteiger partial charge is 0.356 e.